The molecule has 0 saturated heterocycles. The lowest BCUT2D eigenvalue weighted by atomic mass is 10.0. The van der Waals surface area contributed by atoms with Crippen molar-refractivity contribution in [2.75, 3.05) is 12.0 Å². The van der Waals surface area contributed by atoms with Gasteiger partial charge in [0.25, 0.3) is 0 Å². The van der Waals surface area contributed by atoms with Gasteiger partial charge in [-0.15, -0.1) is 23.1 Å². The number of nitrogens with zero attached hydrogens (tertiary/aromatic N) is 1. The van der Waals surface area contributed by atoms with Crippen molar-refractivity contribution >= 4 is 50.6 Å². The molecule has 0 radical (unpaired) electrons. The van der Waals surface area contributed by atoms with Crippen LogP contribution in [0.3, 0.4) is 0 Å². The molecule has 0 aliphatic rings. The Hall–Kier alpha value is -2.82. The van der Waals surface area contributed by atoms with Crippen molar-refractivity contribution in [2.24, 2.45) is 10.7 Å². The van der Waals surface area contributed by atoms with E-state index in [9.17, 15) is 13.2 Å². The predicted molar refractivity (Wildman–Crippen MR) is 121 cm³/mol. The Balaban J connectivity index is 2.10. The minimum absolute atomic E-state index is 0.0738. The summed E-state index contributed by atoms with van der Waals surface area (Å²) in [5.74, 6) is -0.240. The molecule has 0 aliphatic carbocycles. The molecule has 30 heavy (non-hydrogen) atoms. The SMILES string of the molecule is CSc1sc(/C(N)=N\C(=O)O)cc1S(=O)(=O)c1cccc(-c2ccc(N)cc2C)c1. The number of aryl methyl sites for hydroxylation is 1. The first-order valence-corrected chi connectivity index (χ1v) is 12.1. The van der Waals surface area contributed by atoms with E-state index in [1.165, 1.54) is 23.9 Å². The molecule has 0 bridgehead atoms. The number of nitrogens with two attached hydrogens (primary N) is 2. The van der Waals surface area contributed by atoms with E-state index >= 15 is 0 Å². The quantitative estimate of drug-likeness (QED) is 0.224. The van der Waals surface area contributed by atoms with Crippen LogP contribution in [0, 0.1) is 6.92 Å². The van der Waals surface area contributed by atoms with Crippen LogP contribution in [0.1, 0.15) is 10.4 Å². The van der Waals surface area contributed by atoms with Crippen molar-refractivity contribution in [3.63, 3.8) is 0 Å². The number of aliphatic imine (C=N–C) groups is 1. The topological polar surface area (TPSA) is 136 Å². The summed E-state index contributed by atoms with van der Waals surface area (Å²) < 4.78 is 27.2. The molecule has 7 nitrogen and oxygen atoms in total. The molecule has 1 aromatic heterocycles. The van der Waals surface area contributed by atoms with Crippen LogP contribution in [0.15, 0.2) is 67.5 Å². The van der Waals surface area contributed by atoms with E-state index in [2.05, 4.69) is 4.99 Å². The zero-order valence-electron chi connectivity index (χ0n) is 16.1. The van der Waals surface area contributed by atoms with E-state index in [-0.39, 0.29) is 20.5 Å². The van der Waals surface area contributed by atoms with Gasteiger partial charge in [-0.1, -0.05) is 18.2 Å². The van der Waals surface area contributed by atoms with Crippen LogP contribution in [0.2, 0.25) is 0 Å². The first-order chi connectivity index (χ1) is 14.1. The van der Waals surface area contributed by atoms with E-state index < -0.39 is 15.9 Å². The monoisotopic (exact) mass is 461 g/mol. The van der Waals surface area contributed by atoms with Gasteiger partial charge in [-0.25, -0.2) is 13.2 Å². The molecule has 0 spiro atoms. The van der Waals surface area contributed by atoms with Crippen molar-refractivity contribution < 1.29 is 18.3 Å². The largest absolute Gasteiger partial charge is 0.463 e. The highest BCUT2D eigenvalue weighted by molar-refractivity contribution is 8.01. The number of amidine groups is 1. The summed E-state index contributed by atoms with van der Waals surface area (Å²) in [5.41, 5.74) is 14.7. The fourth-order valence-corrected chi connectivity index (χ4v) is 6.88. The Kier molecular flexibility index (Phi) is 6.20. The maximum absolute atomic E-state index is 13.4. The van der Waals surface area contributed by atoms with Gasteiger partial charge in [0.15, 0.2) is 0 Å². The van der Waals surface area contributed by atoms with Crippen molar-refractivity contribution in [1.29, 1.82) is 0 Å². The number of rotatable bonds is 5. The molecule has 10 heteroatoms. The summed E-state index contributed by atoms with van der Waals surface area (Å²) >= 11 is 2.33. The van der Waals surface area contributed by atoms with E-state index in [1.807, 2.05) is 25.1 Å². The average molecular weight is 462 g/mol. The average Bonchev–Trinajstić information content (AvgIpc) is 3.13. The van der Waals surface area contributed by atoms with Crippen molar-refractivity contribution in [3.8, 4) is 11.1 Å². The number of anilines is 1. The minimum atomic E-state index is -3.87. The van der Waals surface area contributed by atoms with Crippen LogP contribution in [-0.2, 0) is 9.84 Å². The molecule has 0 fully saturated rings. The lowest BCUT2D eigenvalue weighted by Crippen LogP contribution is -2.13. The Labute approximate surface area is 182 Å². The second-order valence-corrected chi connectivity index (χ2v) is 10.4. The third kappa shape index (κ3) is 4.35. The molecule has 0 saturated carbocycles. The van der Waals surface area contributed by atoms with Gasteiger partial charge in [-0.3, -0.25) is 0 Å². The lowest BCUT2D eigenvalue weighted by molar-refractivity contribution is 0.205. The number of benzene rings is 2. The summed E-state index contributed by atoms with van der Waals surface area (Å²) in [6.45, 7) is 1.91. The van der Waals surface area contributed by atoms with Crippen molar-refractivity contribution in [1.82, 2.24) is 0 Å². The van der Waals surface area contributed by atoms with Gasteiger partial charge in [0.2, 0.25) is 9.84 Å². The van der Waals surface area contributed by atoms with E-state index in [0.29, 0.717) is 9.90 Å². The molecule has 1 amide bonds. The van der Waals surface area contributed by atoms with Gasteiger partial charge in [-0.05, 0) is 60.2 Å². The van der Waals surface area contributed by atoms with Crippen LogP contribution >= 0.6 is 23.1 Å². The highest BCUT2D eigenvalue weighted by Gasteiger charge is 2.25. The Morgan fingerprint density at radius 2 is 1.90 bits per heavy atom. The van der Waals surface area contributed by atoms with Gasteiger partial charge in [0.1, 0.15) is 5.84 Å². The number of amides is 1. The Morgan fingerprint density at radius 3 is 2.53 bits per heavy atom. The number of carboxylic acid groups (broad SMARTS) is 1. The van der Waals surface area contributed by atoms with Gasteiger partial charge >= 0.3 is 6.09 Å². The number of nitrogen functional groups attached to an aromatic ring is 1. The summed E-state index contributed by atoms with van der Waals surface area (Å²) in [6, 6.07) is 13.5. The van der Waals surface area contributed by atoms with Crippen LogP contribution < -0.4 is 11.5 Å². The van der Waals surface area contributed by atoms with Crippen LogP contribution in [0.4, 0.5) is 10.5 Å². The Bertz CT molecular complexity index is 1260. The van der Waals surface area contributed by atoms with E-state index in [0.717, 1.165) is 28.0 Å². The zero-order chi connectivity index (χ0) is 22.1. The smallest absolute Gasteiger partial charge is 0.433 e. The number of sulfone groups is 1. The predicted octanol–water partition coefficient (Wildman–Crippen LogP) is 4.24. The first kappa shape index (κ1) is 21.9. The molecular weight excluding hydrogens is 442 g/mol. The van der Waals surface area contributed by atoms with Crippen molar-refractivity contribution in [3.05, 3.63) is 59.0 Å². The van der Waals surface area contributed by atoms with Crippen LogP contribution in [0.5, 0.6) is 0 Å². The molecule has 0 unspecified atom stereocenters. The Morgan fingerprint density at radius 1 is 1.17 bits per heavy atom. The second-order valence-electron chi connectivity index (χ2n) is 6.35. The maximum atomic E-state index is 13.4. The highest BCUT2D eigenvalue weighted by atomic mass is 32.2. The van der Waals surface area contributed by atoms with Gasteiger partial charge in [0.05, 0.1) is 18.9 Å². The third-order valence-electron chi connectivity index (χ3n) is 4.32. The molecule has 0 aliphatic heterocycles. The lowest BCUT2D eigenvalue weighted by Gasteiger charge is -2.10. The van der Waals surface area contributed by atoms with Crippen LogP contribution in [0.25, 0.3) is 11.1 Å². The van der Waals surface area contributed by atoms with Crippen LogP contribution in [-0.4, -0.2) is 31.7 Å². The molecule has 3 aromatic rings. The summed E-state index contributed by atoms with van der Waals surface area (Å²) in [6.07, 6.45) is 0.301. The maximum Gasteiger partial charge on any atom is 0.433 e. The number of hydrogen-bond acceptors (Lipinski definition) is 6. The molecule has 1 heterocycles. The summed E-state index contributed by atoms with van der Waals surface area (Å²) in [5, 5.41) is 8.80. The fourth-order valence-electron chi connectivity index (χ4n) is 2.94. The second kappa shape index (κ2) is 8.50. The fraction of sp³-hybridized carbons (Fsp3) is 0.100. The van der Waals surface area contributed by atoms with E-state index in [4.69, 9.17) is 16.6 Å². The summed E-state index contributed by atoms with van der Waals surface area (Å²) in [7, 11) is -3.87. The highest BCUT2D eigenvalue weighted by Crippen LogP contribution is 2.38. The number of thioether (sulfide) groups is 1. The molecule has 5 N–H and O–H groups in total. The van der Waals surface area contributed by atoms with Gasteiger partial charge < -0.3 is 16.6 Å². The normalized spacial score (nSPS) is 12.1. The first-order valence-electron chi connectivity index (χ1n) is 8.60. The third-order valence-corrected chi connectivity index (χ3v) is 8.64. The summed E-state index contributed by atoms with van der Waals surface area (Å²) in [4.78, 5) is 14.5. The molecule has 2 aromatic carbocycles. The van der Waals surface area contributed by atoms with Gasteiger partial charge in [0, 0.05) is 5.69 Å². The molecule has 0 atom stereocenters. The number of carbonyl (C=O) groups is 1. The van der Waals surface area contributed by atoms with E-state index in [1.54, 1.807) is 24.5 Å². The molecule has 156 valence electrons. The van der Waals surface area contributed by atoms with Crippen molar-refractivity contribution in [2.45, 2.75) is 20.9 Å². The standard InChI is InChI=1S/C20H19N3O4S3/c1-11-8-13(21)6-7-15(11)12-4-3-5-14(9-12)30(26,27)17-10-16(29-19(17)28-2)18(22)23-20(24)25/h3-10H,21H2,1-2H3,(H2,22,23)(H,24,25). The number of thiophene rings is 1. The van der Waals surface area contributed by atoms with Gasteiger partial charge in [-0.2, -0.15) is 4.99 Å². The zero-order valence-corrected chi connectivity index (χ0v) is 18.6. The molecular formula is C20H19N3O4S3. The minimum Gasteiger partial charge on any atom is -0.463 e. The molecule has 3 rings (SSSR count). The number of hydrogen-bond donors (Lipinski definition) is 3.